The van der Waals surface area contributed by atoms with Crippen LogP contribution in [-0.2, 0) is 11.3 Å². The largest absolute Gasteiger partial charge is 0.501 e. The van der Waals surface area contributed by atoms with E-state index in [2.05, 4.69) is 20.1 Å². The Hall–Kier alpha value is -3.74. The summed E-state index contributed by atoms with van der Waals surface area (Å²) in [5, 5.41) is 23.8. The van der Waals surface area contributed by atoms with Crippen molar-refractivity contribution in [2.24, 2.45) is 0 Å². The molecule has 5 rings (SSSR count). The molecule has 0 aliphatic carbocycles. The first-order valence-corrected chi connectivity index (χ1v) is 12.1. The minimum atomic E-state index is -1.25. The number of aromatic hydroxyl groups is 1. The van der Waals surface area contributed by atoms with E-state index in [1.54, 1.807) is 11.1 Å². The lowest BCUT2D eigenvalue weighted by Gasteiger charge is -2.37. The van der Waals surface area contributed by atoms with Crippen molar-refractivity contribution < 1.29 is 24.1 Å². The molecule has 2 aromatic heterocycles. The van der Waals surface area contributed by atoms with Gasteiger partial charge < -0.3 is 35.0 Å². The van der Waals surface area contributed by atoms with E-state index in [9.17, 15) is 24.2 Å². The van der Waals surface area contributed by atoms with Crippen molar-refractivity contribution in [3.8, 4) is 5.75 Å². The summed E-state index contributed by atoms with van der Waals surface area (Å²) in [6.45, 7) is 4.04. The van der Waals surface area contributed by atoms with Gasteiger partial charge in [0.1, 0.15) is 5.82 Å². The summed E-state index contributed by atoms with van der Waals surface area (Å²) in [6.07, 6.45) is 0.994. The Balaban J connectivity index is 1.56. The number of nitrogens with one attached hydrogen (secondary N) is 1. The number of aromatic nitrogens is 2. The Kier molecular flexibility index (Phi) is 6.96. The molecule has 0 saturated carbocycles. The number of aliphatic hydroxyl groups is 1. The number of benzene rings is 1. The van der Waals surface area contributed by atoms with Crippen LogP contribution in [0.5, 0.6) is 5.75 Å². The third-order valence-corrected chi connectivity index (χ3v) is 6.70. The predicted molar refractivity (Wildman–Crippen MR) is 134 cm³/mol. The average molecular weight is 513 g/mol. The monoisotopic (exact) mass is 512 g/mol. The van der Waals surface area contributed by atoms with E-state index >= 15 is 0 Å². The Morgan fingerprint density at radius 1 is 1.19 bits per heavy atom. The Morgan fingerprint density at radius 3 is 2.62 bits per heavy atom. The second kappa shape index (κ2) is 10.3. The van der Waals surface area contributed by atoms with Crippen LogP contribution < -0.4 is 20.7 Å². The first kappa shape index (κ1) is 24.9. The van der Waals surface area contributed by atoms with Gasteiger partial charge in [-0.2, -0.15) is 0 Å². The lowest BCUT2D eigenvalue weighted by Crippen LogP contribution is -2.45. The van der Waals surface area contributed by atoms with E-state index in [4.69, 9.17) is 4.74 Å². The van der Waals surface area contributed by atoms with Gasteiger partial charge in [-0.15, -0.1) is 0 Å². The lowest BCUT2D eigenvalue weighted by atomic mass is 10.2. The molecule has 3 aromatic rings. The second-order valence-electron chi connectivity index (χ2n) is 9.23. The van der Waals surface area contributed by atoms with Crippen molar-refractivity contribution in [3.63, 3.8) is 0 Å². The zero-order valence-corrected chi connectivity index (χ0v) is 20.4. The zero-order valence-electron chi connectivity index (χ0n) is 20.4. The number of amides is 1. The van der Waals surface area contributed by atoms with Gasteiger partial charge in [0.05, 0.1) is 18.0 Å². The fourth-order valence-electron chi connectivity index (χ4n) is 4.54. The van der Waals surface area contributed by atoms with Gasteiger partial charge in [0.25, 0.3) is 5.91 Å². The minimum Gasteiger partial charge on any atom is -0.501 e. The number of aliphatic hydroxyl groups excluding tert-OH is 1. The maximum atomic E-state index is 13.3. The lowest BCUT2D eigenvalue weighted by molar-refractivity contribution is -0.115. The van der Waals surface area contributed by atoms with Crippen molar-refractivity contribution in [2.45, 2.75) is 19.4 Å². The van der Waals surface area contributed by atoms with Gasteiger partial charge in [0.15, 0.2) is 11.3 Å². The molecule has 1 amide bonds. The molecule has 4 heterocycles. The highest BCUT2D eigenvalue weighted by Crippen LogP contribution is 2.30. The van der Waals surface area contributed by atoms with Crippen LogP contribution in [0.4, 0.5) is 15.8 Å². The van der Waals surface area contributed by atoms with Gasteiger partial charge >= 0.3 is 5.56 Å². The molecule has 11 nitrogen and oxygen atoms in total. The molecule has 37 heavy (non-hydrogen) atoms. The molecular formula is C25H29FN6O5. The summed E-state index contributed by atoms with van der Waals surface area (Å²) in [5.41, 5.74) is 0.642. The van der Waals surface area contributed by atoms with Gasteiger partial charge in [-0.1, -0.05) is 12.1 Å². The van der Waals surface area contributed by atoms with Crippen LogP contribution in [0, 0.1) is 5.82 Å². The van der Waals surface area contributed by atoms with E-state index in [0.717, 1.165) is 31.9 Å². The molecule has 2 saturated heterocycles. The molecule has 0 bridgehead atoms. The Labute approximate surface area is 212 Å². The number of likely N-dealkylation sites (N-methyl/N-ethyl adjacent to an activating group) is 1. The van der Waals surface area contributed by atoms with Crippen LogP contribution >= 0.6 is 0 Å². The number of hydrogen-bond acceptors (Lipinski definition) is 9. The average Bonchev–Trinajstić information content (AvgIpc) is 2.90. The van der Waals surface area contributed by atoms with Crippen LogP contribution in [0.25, 0.3) is 5.65 Å². The second-order valence-corrected chi connectivity index (χ2v) is 9.23. The van der Waals surface area contributed by atoms with Gasteiger partial charge in [-0.3, -0.25) is 14.0 Å². The fourth-order valence-corrected chi connectivity index (χ4v) is 4.54. The first-order valence-electron chi connectivity index (χ1n) is 12.1. The smallest absolute Gasteiger partial charge is 0.301 e. The number of rotatable bonds is 5. The van der Waals surface area contributed by atoms with Gasteiger partial charge in [-0.25, -0.2) is 9.37 Å². The van der Waals surface area contributed by atoms with E-state index in [1.807, 2.05) is 13.1 Å². The summed E-state index contributed by atoms with van der Waals surface area (Å²) in [5.74, 6) is -1.94. The van der Waals surface area contributed by atoms with E-state index in [0.29, 0.717) is 30.8 Å². The number of carbonyl (C=O) groups is 1. The van der Waals surface area contributed by atoms with E-state index in [1.165, 1.54) is 28.7 Å². The summed E-state index contributed by atoms with van der Waals surface area (Å²) in [6, 6.07) is 7.41. The molecule has 196 valence electrons. The molecular weight excluding hydrogens is 483 g/mol. The normalized spacial score (nSPS) is 18.8. The number of fused-ring (bicyclic) bond motifs is 1. The molecule has 12 heteroatoms. The molecule has 1 aromatic carbocycles. The highest BCUT2D eigenvalue weighted by molar-refractivity contribution is 5.95. The molecule has 0 radical (unpaired) electrons. The quantitative estimate of drug-likeness (QED) is 0.454. The number of pyridine rings is 1. The SMILES string of the molecule is CN1CCN(c2cc(N3CCCOC3O)c3nc(C(=O)NCc4ccc(F)cc4)c(O)c(=O)n3c2)CC1. The van der Waals surface area contributed by atoms with Crippen molar-refractivity contribution in [1.29, 1.82) is 0 Å². The Morgan fingerprint density at radius 2 is 1.92 bits per heavy atom. The predicted octanol–water partition coefficient (Wildman–Crippen LogP) is 0.724. The molecule has 0 spiro atoms. The molecule has 3 N–H and O–H groups in total. The standard InChI is InChI=1S/C25H29FN6O5/c1-29-8-10-30(11-9-29)18-13-19(31-7-2-12-37-25(31)36)22-28-20(21(33)24(35)32(22)15-18)23(34)27-14-16-3-5-17(26)6-4-16/h3-6,13,15,25,33,36H,2,7-12,14H2,1H3,(H,27,34). The number of carbonyl (C=O) groups excluding carboxylic acids is 1. The summed E-state index contributed by atoms with van der Waals surface area (Å²) in [7, 11) is 2.04. The molecule has 1 unspecified atom stereocenters. The highest BCUT2D eigenvalue weighted by Gasteiger charge is 2.28. The topological polar surface area (TPSA) is 123 Å². The molecule has 2 aliphatic rings. The van der Waals surface area contributed by atoms with Crippen LogP contribution in [0.15, 0.2) is 41.3 Å². The van der Waals surface area contributed by atoms with Crippen LogP contribution in [-0.4, -0.2) is 83.2 Å². The third kappa shape index (κ3) is 5.08. The summed E-state index contributed by atoms with van der Waals surface area (Å²) < 4.78 is 19.8. The fraction of sp³-hybridized carbons (Fsp3) is 0.400. The highest BCUT2D eigenvalue weighted by atomic mass is 19.1. The number of piperazine rings is 1. The maximum Gasteiger partial charge on any atom is 0.301 e. The summed E-state index contributed by atoms with van der Waals surface area (Å²) >= 11 is 0. The van der Waals surface area contributed by atoms with Crippen molar-refractivity contribution >= 4 is 22.9 Å². The molecule has 2 aliphatic heterocycles. The number of nitrogens with zero attached hydrogens (tertiary/aromatic N) is 5. The van der Waals surface area contributed by atoms with Crippen LogP contribution in [0.1, 0.15) is 22.5 Å². The van der Waals surface area contributed by atoms with E-state index in [-0.39, 0.29) is 12.2 Å². The number of ether oxygens (including phenoxy) is 1. The van der Waals surface area contributed by atoms with Gasteiger partial charge in [0.2, 0.25) is 12.2 Å². The number of anilines is 2. The third-order valence-electron chi connectivity index (χ3n) is 6.70. The van der Waals surface area contributed by atoms with E-state index < -0.39 is 35.1 Å². The van der Waals surface area contributed by atoms with Gasteiger partial charge in [-0.05, 0) is 37.2 Å². The number of hydrogen-bond donors (Lipinski definition) is 3. The Bertz CT molecular complexity index is 1360. The van der Waals surface area contributed by atoms with Crippen LogP contribution in [0.2, 0.25) is 0 Å². The summed E-state index contributed by atoms with van der Waals surface area (Å²) in [4.78, 5) is 36.5. The van der Waals surface area contributed by atoms with Crippen molar-refractivity contribution in [1.82, 2.24) is 19.6 Å². The minimum absolute atomic E-state index is 0.0491. The van der Waals surface area contributed by atoms with Crippen molar-refractivity contribution in [2.75, 3.05) is 56.2 Å². The van der Waals surface area contributed by atoms with Gasteiger partial charge in [0, 0.05) is 45.5 Å². The molecule has 2 fully saturated rings. The number of halogens is 1. The van der Waals surface area contributed by atoms with Crippen molar-refractivity contribution in [3.05, 3.63) is 64.0 Å². The zero-order chi connectivity index (χ0) is 26.1. The maximum absolute atomic E-state index is 13.3. The molecule has 1 atom stereocenters. The van der Waals surface area contributed by atoms with Crippen LogP contribution in [0.3, 0.4) is 0 Å². The first-order chi connectivity index (χ1) is 17.8.